The number of hydrogen-bond donors (Lipinski definition) is 0. The molecule has 250 valence electrons. The topological polar surface area (TPSA) is 49.2 Å². The van der Waals surface area contributed by atoms with Gasteiger partial charge in [-0.3, -0.25) is 0 Å². The van der Waals surface area contributed by atoms with Gasteiger partial charge in [-0.1, -0.05) is 127 Å². The summed E-state index contributed by atoms with van der Waals surface area (Å²) in [5, 5.41) is 4.53. The number of rotatable bonds is 4. The van der Waals surface area contributed by atoms with Gasteiger partial charge in [0.1, 0.15) is 5.52 Å². The summed E-state index contributed by atoms with van der Waals surface area (Å²) < 4.78 is 15.5. The molecule has 0 amide bonds. The molecule has 5 nitrogen and oxygen atoms in total. The van der Waals surface area contributed by atoms with Crippen LogP contribution in [-0.2, 0) is 0 Å². The molecule has 5 heteroatoms. The minimum absolute atomic E-state index is 0.270. The van der Waals surface area contributed by atoms with Gasteiger partial charge >= 0.3 is 0 Å². The van der Waals surface area contributed by atoms with E-state index in [1.165, 1.54) is 5.22 Å². The molecule has 3 aliphatic rings. The van der Waals surface area contributed by atoms with E-state index in [2.05, 4.69) is 132 Å². The van der Waals surface area contributed by atoms with Crippen molar-refractivity contribution in [3.05, 3.63) is 174 Å². The van der Waals surface area contributed by atoms with Crippen LogP contribution in [0.25, 0.3) is 73.4 Å². The number of allylic oxidation sites excluding steroid dienone is 4. The van der Waals surface area contributed by atoms with Crippen LogP contribution in [0, 0.1) is 11.8 Å². The molecule has 2 aliphatic carbocycles. The van der Waals surface area contributed by atoms with Crippen molar-refractivity contribution in [1.82, 2.24) is 14.5 Å². The SMILES string of the molecule is C1=CC2C=c3c(n(-c4cccc(-c5cccc(-c6nc(-c7ccccc7)c7ccccc7n6)c5)c4)c4c5c(ccc34)Oc3ccccc3O5)=CC2C=C1. The first-order chi connectivity index (χ1) is 26.2. The molecule has 6 aromatic carbocycles. The quantitative estimate of drug-likeness (QED) is 0.186. The van der Waals surface area contributed by atoms with E-state index < -0.39 is 0 Å². The molecule has 2 atom stereocenters. The highest BCUT2D eigenvalue weighted by molar-refractivity contribution is 5.95. The minimum atomic E-state index is 0.270. The lowest BCUT2D eigenvalue weighted by Gasteiger charge is -2.22. The summed E-state index contributed by atoms with van der Waals surface area (Å²) in [5.74, 6) is 4.13. The van der Waals surface area contributed by atoms with Gasteiger partial charge in [0.2, 0.25) is 0 Å². The average Bonchev–Trinajstić information content (AvgIpc) is 3.55. The molecule has 53 heavy (non-hydrogen) atoms. The standard InChI is InChI=1S/C48H31N3O2/c1-2-12-30(13-3-1)45-38-20-6-7-21-40(38)49-48(50-45)35-18-10-16-31(26-35)32-17-11-19-36(27-32)51-41-29-34-15-5-4-14-33(34)28-39(41)37-24-25-44-47(46(37)51)53-43-23-9-8-22-42(43)52-44/h1-29,33-34H. The Labute approximate surface area is 305 Å². The summed E-state index contributed by atoms with van der Waals surface area (Å²) in [6.45, 7) is 0. The van der Waals surface area contributed by atoms with Crippen LogP contribution in [0.1, 0.15) is 0 Å². The van der Waals surface area contributed by atoms with E-state index >= 15 is 0 Å². The number of hydrogen-bond acceptors (Lipinski definition) is 4. The molecular weight excluding hydrogens is 651 g/mol. The Morgan fingerprint density at radius 2 is 1.21 bits per heavy atom. The van der Waals surface area contributed by atoms with Gasteiger partial charge in [-0.2, -0.15) is 0 Å². The molecule has 0 bridgehead atoms. The van der Waals surface area contributed by atoms with Crippen LogP contribution in [0.15, 0.2) is 164 Å². The third-order valence-corrected chi connectivity index (χ3v) is 10.5. The molecule has 0 radical (unpaired) electrons. The van der Waals surface area contributed by atoms with Crippen LogP contribution in [-0.4, -0.2) is 14.5 Å². The maximum atomic E-state index is 6.69. The normalized spacial score (nSPS) is 16.4. The molecule has 0 spiro atoms. The number of fused-ring (bicyclic) bond motifs is 8. The fourth-order valence-electron chi connectivity index (χ4n) is 8.04. The minimum Gasteiger partial charge on any atom is -0.449 e. The molecule has 1 aliphatic heterocycles. The molecule has 3 heterocycles. The summed E-state index contributed by atoms with van der Waals surface area (Å²) in [6.07, 6.45) is 13.7. The van der Waals surface area contributed by atoms with Gasteiger partial charge in [-0.15, -0.1) is 0 Å². The predicted molar refractivity (Wildman–Crippen MR) is 213 cm³/mol. The second-order valence-electron chi connectivity index (χ2n) is 13.7. The van der Waals surface area contributed by atoms with Crippen LogP contribution < -0.4 is 20.0 Å². The van der Waals surface area contributed by atoms with Gasteiger partial charge in [-0.25, -0.2) is 9.97 Å². The van der Waals surface area contributed by atoms with Gasteiger partial charge in [0.25, 0.3) is 0 Å². The molecule has 0 fully saturated rings. The fourth-order valence-corrected chi connectivity index (χ4v) is 8.04. The molecule has 0 N–H and O–H groups in total. The van der Waals surface area contributed by atoms with E-state index in [4.69, 9.17) is 19.4 Å². The van der Waals surface area contributed by atoms with Crippen molar-refractivity contribution < 1.29 is 9.47 Å². The summed E-state index contributed by atoms with van der Waals surface area (Å²) in [5.41, 5.74) is 8.09. The van der Waals surface area contributed by atoms with E-state index in [-0.39, 0.29) is 5.92 Å². The third-order valence-electron chi connectivity index (χ3n) is 10.5. The highest BCUT2D eigenvalue weighted by Crippen LogP contribution is 2.48. The van der Waals surface area contributed by atoms with E-state index in [9.17, 15) is 0 Å². The third kappa shape index (κ3) is 4.85. The zero-order valence-corrected chi connectivity index (χ0v) is 28.6. The van der Waals surface area contributed by atoms with Crippen LogP contribution >= 0.6 is 0 Å². The Morgan fingerprint density at radius 3 is 2.08 bits per heavy atom. The fraction of sp³-hybridized carbons (Fsp3) is 0.0417. The highest BCUT2D eigenvalue weighted by atomic mass is 16.6. The summed E-state index contributed by atoms with van der Waals surface area (Å²) in [7, 11) is 0. The van der Waals surface area contributed by atoms with Crippen LogP contribution in [0.4, 0.5) is 0 Å². The van der Waals surface area contributed by atoms with E-state index in [0.717, 1.165) is 72.3 Å². The van der Waals surface area contributed by atoms with Crippen molar-refractivity contribution in [1.29, 1.82) is 0 Å². The van der Waals surface area contributed by atoms with E-state index in [1.54, 1.807) is 0 Å². The Balaban J connectivity index is 1.08. The first kappa shape index (κ1) is 29.7. The molecule has 0 saturated heterocycles. The molecule has 11 rings (SSSR count). The second kappa shape index (κ2) is 11.8. The van der Waals surface area contributed by atoms with E-state index in [0.29, 0.717) is 23.2 Å². The number of para-hydroxylation sites is 3. The summed E-state index contributed by atoms with van der Waals surface area (Å²) in [6, 6.07) is 47.9. The monoisotopic (exact) mass is 681 g/mol. The lowest BCUT2D eigenvalue weighted by atomic mass is 9.84. The Kier molecular flexibility index (Phi) is 6.61. The Bertz CT molecular complexity index is 2980. The smallest absolute Gasteiger partial charge is 0.194 e. The van der Waals surface area contributed by atoms with Crippen molar-refractivity contribution >= 4 is 34.0 Å². The molecule has 2 aromatic heterocycles. The first-order valence-corrected chi connectivity index (χ1v) is 18.0. The summed E-state index contributed by atoms with van der Waals surface area (Å²) in [4.78, 5) is 10.2. The summed E-state index contributed by atoms with van der Waals surface area (Å²) >= 11 is 0. The first-order valence-electron chi connectivity index (χ1n) is 18.0. The maximum Gasteiger partial charge on any atom is 0.194 e. The zero-order valence-electron chi connectivity index (χ0n) is 28.6. The van der Waals surface area contributed by atoms with Gasteiger partial charge in [0.05, 0.1) is 16.6 Å². The van der Waals surface area contributed by atoms with Crippen LogP contribution in [0.2, 0.25) is 0 Å². The highest BCUT2D eigenvalue weighted by Gasteiger charge is 2.27. The van der Waals surface area contributed by atoms with Crippen molar-refractivity contribution in [2.75, 3.05) is 0 Å². The zero-order chi connectivity index (χ0) is 34.9. The number of nitrogens with zero attached hydrogens (tertiary/aromatic N) is 3. The molecule has 2 unspecified atom stereocenters. The van der Waals surface area contributed by atoms with Crippen LogP contribution in [0.5, 0.6) is 23.0 Å². The predicted octanol–water partition coefficient (Wildman–Crippen LogP) is 10.4. The second-order valence-corrected chi connectivity index (χ2v) is 13.7. The van der Waals surface area contributed by atoms with Gasteiger partial charge < -0.3 is 14.0 Å². The van der Waals surface area contributed by atoms with Gasteiger partial charge in [-0.05, 0) is 59.7 Å². The largest absolute Gasteiger partial charge is 0.449 e. The Hall–Kier alpha value is -6.98. The molecular formula is C48H31N3O2. The van der Waals surface area contributed by atoms with Crippen molar-refractivity contribution in [2.45, 2.75) is 0 Å². The van der Waals surface area contributed by atoms with E-state index in [1.807, 2.05) is 48.5 Å². The number of aromatic nitrogens is 3. The van der Waals surface area contributed by atoms with Crippen molar-refractivity contribution in [3.8, 4) is 62.5 Å². The molecule has 8 aromatic rings. The van der Waals surface area contributed by atoms with Gasteiger partial charge in [0, 0.05) is 44.6 Å². The van der Waals surface area contributed by atoms with Crippen molar-refractivity contribution in [3.63, 3.8) is 0 Å². The molecule has 0 saturated carbocycles. The average molecular weight is 682 g/mol. The van der Waals surface area contributed by atoms with Crippen molar-refractivity contribution in [2.24, 2.45) is 11.8 Å². The lowest BCUT2D eigenvalue weighted by molar-refractivity contribution is 0.362. The van der Waals surface area contributed by atoms with Gasteiger partial charge in [0.15, 0.2) is 28.8 Å². The maximum absolute atomic E-state index is 6.69. The number of ether oxygens (including phenoxy) is 2. The van der Waals surface area contributed by atoms with Crippen LogP contribution in [0.3, 0.4) is 0 Å². The Morgan fingerprint density at radius 1 is 0.509 bits per heavy atom. The lowest BCUT2D eigenvalue weighted by Crippen LogP contribution is -2.35. The number of benzene rings is 6.